The molecule has 3 nitrogen and oxygen atoms in total. The highest BCUT2D eigenvalue weighted by Crippen LogP contribution is 1.97. The number of nitriles is 1. The average Bonchev–Trinajstić information content (AvgIpc) is 1.83. The van der Waals surface area contributed by atoms with Gasteiger partial charge >= 0.3 is 4.97 Å². The van der Waals surface area contributed by atoms with Crippen molar-refractivity contribution < 1.29 is 9.68 Å². The molecule has 0 saturated carbocycles. The number of nitrogens with zero attached hydrogens (tertiary/aromatic N) is 1. The number of hydrogen-bond donors (Lipinski definition) is 1. The van der Waals surface area contributed by atoms with Crippen LogP contribution in [-0.4, -0.2) is 16.6 Å². The van der Waals surface area contributed by atoms with E-state index in [9.17, 15) is 0 Å². The maximum Gasteiger partial charge on any atom is 0.529 e. The highest BCUT2D eigenvalue weighted by Gasteiger charge is 2.07. The van der Waals surface area contributed by atoms with E-state index in [1.807, 2.05) is 6.07 Å². The molecule has 0 aromatic rings. The Hall–Kier alpha value is 0.205. The Morgan fingerprint density at radius 2 is 2.56 bits per heavy atom. The van der Waals surface area contributed by atoms with Gasteiger partial charge in [0.2, 0.25) is 0 Å². The maximum absolute atomic E-state index is 8.55. The van der Waals surface area contributed by atoms with E-state index in [4.69, 9.17) is 14.9 Å². The zero-order valence-corrected chi connectivity index (χ0v) is 7.20. The Morgan fingerprint density at radius 3 is 2.89 bits per heavy atom. The van der Waals surface area contributed by atoms with E-state index < -0.39 is 4.97 Å². The molecule has 50 valence electrons. The van der Waals surface area contributed by atoms with Crippen LogP contribution in [0.2, 0.25) is 0 Å². The van der Waals surface area contributed by atoms with Gasteiger partial charge in [-0.25, -0.2) is 0 Å². The second-order valence-electron chi connectivity index (χ2n) is 1.66. The lowest BCUT2D eigenvalue weighted by Gasteiger charge is -2.01. The number of halogens is 1. The molecule has 0 aliphatic rings. The molecular formula is C4H7BINO2. The summed E-state index contributed by atoms with van der Waals surface area (Å²) in [6.07, 6.45) is 0. The van der Waals surface area contributed by atoms with E-state index in [1.54, 1.807) is 29.3 Å². The van der Waals surface area contributed by atoms with Crippen LogP contribution < -0.4 is 0 Å². The van der Waals surface area contributed by atoms with Gasteiger partial charge in [0, 0.05) is 6.61 Å². The van der Waals surface area contributed by atoms with Crippen LogP contribution in [0.3, 0.4) is 0 Å². The molecule has 0 aromatic carbocycles. The van der Waals surface area contributed by atoms with Crippen molar-refractivity contribution in [1.82, 2.24) is 0 Å². The van der Waals surface area contributed by atoms with Crippen molar-refractivity contribution >= 4 is 27.3 Å². The molecule has 1 atom stereocenters. The Balaban J connectivity index is 3.19. The number of rotatable bonds is 3. The van der Waals surface area contributed by atoms with Gasteiger partial charge in [0.15, 0.2) is 0 Å². The van der Waals surface area contributed by atoms with Crippen LogP contribution in [0.15, 0.2) is 0 Å². The van der Waals surface area contributed by atoms with E-state index in [1.165, 1.54) is 0 Å². The Bertz CT molecular complexity index is 114. The molecule has 0 rings (SSSR count). The SMILES string of the molecule is CC(C#N)COB(O)I. The zero-order valence-electron chi connectivity index (χ0n) is 5.04. The Kier molecular flexibility index (Phi) is 5.14. The fourth-order valence-corrected chi connectivity index (χ4v) is 0.469. The molecular weight excluding hydrogens is 232 g/mol. The number of hydrogen-bond acceptors (Lipinski definition) is 3. The predicted molar refractivity (Wildman–Crippen MR) is 42.7 cm³/mol. The van der Waals surface area contributed by atoms with Crippen molar-refractivity contribution in [3.8, 4) is 6.07 Å². The average molecular weight is 239 g/mol. The van der Waals surface area contributed by atoms with Gasteiger partial charge in [-0.1, -0.05) is 22.4 Å². The summed E-state index contributed by atoms with van der Waals surface area (Å²) >= 11 is 1.72. The monoisotopic (exact) mass is 239 g/mol. The van der Waals surface area contributed by atoms with E-state index in [0.29, 0.717) is 6.61 Å². The molecule has 0 amide bonds. The molecule has 0 aliphatic carbocycles. The lowest BCUT2D eigenvalue weighted by molar-refractivity contribution is 0.257. The van der Waals surface area contributed by atoms with Gasteiger partial charge < -0.3 is 9.68 Å². The van der Waals surface area contributed by atoms with Crippen LogP contribution >= 0.6 is 22.4 Å². The van der Waals surface area contributed by atoms with E-state index in [0.717, 1.165) is 0 Å². The fraction of sp³-hybridized carbons (Fsp3) is 0.750. The zero-order chi connectivity index (χ0) is 7.28. The standard InChI is InChI=1S/C4H7BINO2/c1-4(2-7)3-9-5(6)8/h4,8H,3H2,1H3. The third-order valence-corrected chi connectivity index (χ3v) is 1.06. The van der Waals surface area contributed by atoms with Gasteiger partial charge in [0.25, 0.3) is 0 Å². The lowest BCUT2D eigenvalue weighted by Crippen LogP contribution is -2.13. The molecule has 0 bridgehead atoms. The minimum Gasteiger partial charge on any atom is -0.418 e. The van der Waals surface area contributed by atoms with E-state index in [-0.39, 0.29) is 5.92 Å². The normalized spacial score (nSPS) is 12.2. The largest absolute Gasteiger partial charge is 0.529 e. The quantitative estimate of drug-likeness (QED) is 0.578. The third kappa shape index (κ3) is 6.09. The third-order valence-electron chi connectivity index (χ3n) is 0.704. The summed E-state index contributed by atoms with van der Waals surface area (Å²) < 4.78 is 4.71. The summed E-state index contributed by atoms with van der Waals surface area (Å²) in [5.74, 6) is -0.144. The molecule has 0 heterocycles. The highest BCUT2D eigenvalue weighted by molar-refractivity contribution is 14.1. The van der Waals surface area contributed by atoms with Gasteiger partial charge in [-0.2, -0.15) is 5.26 Å². The summed E-state index contributed by atoms with van der Waals surface area (Å²) in [6.45, 7) is 2.03. The van der Waals surface area contributed by atoms with Crippen molar-refractivity contribution in [2.45, 2.75) is 6.92 Å². The van der Waals surface area contributed by atoms with Gasteiger partial charge in [-0.05, 0) is 6.92 Å². The maximum atomic E-state index is 8.55. The van der Waals surface area contributed by atoms with Crippen LogP contribution in [0.25, 0.3) is 0 Å². The Morgan fingerprint density at radius 1 is 2.00 bits per heavy atom. The van der Waals surface area contributed by atoms with Gasteiger partial charge in [-0.3, -0.25) is 0 Å². The molecule has 0 fully saturated rings. The molecule has 0 radical (unpaired) electrons. The van der Waals surface area contributed by atoms with Gasteiger partial charge in [0.05, 0.1) is 12.0 Å². The first-order chi connectivity index (χ1) is 4.16. The second kappa shape index (κ2) is 5.03. The first kappa shape index (κ1) is 9.20. The first-order valence-corrected chi connectivity index (χ1v) is 3.74. The van der Waals surface area contributed by atoms with Gasteiger partial charge in [-0.15, -0.1) is 0 Å². The van der Waals surface area contributed by atoms with Crippen LogP contribution in [0, 0.1) is 17.2 Å². The van der Waals surface area contributed by atoms with E-state index >= 15 is 0 Å². The molecule has 9 heavy (non-hydrogen) atoms. The minimum atomic E-state index is -0.793. The van der Waals surface area contributed by atoms with E-state index in [2.05, 4.69) is 0 Å². The Labute approximate surface area is 68.0 Å². The highest BCUT2D eigenvalue weighted by atomic mass is 127. The predicted octanol–water partition coefficient (Wildman–Crippen LogP) is 0.575. The lowest BCUT2D eigenvalue weighted by atomic mass is 10.2. The van der Waals surface area contributed by atoms with Crippen LogP contribution in [-0.2, 0) is 4.65 Å². The van der Waals surface area contributed by atoms with Crippen molar-refractivity contribution in [2.24, 2.45) is 5.92 Å². The fourth-order valence-electron chi connectivity index (χ4n) is 0.261. The second-order valence-corrected chi connectivity index (χ2v) is 2.72. The molecule has 0 aromatic heterocycles. The topological polar surface area (TPSA) is 53.2 Å². The smallest absolute Gasteiger partial charge is 0.418 e. The van der Waals surface area contributed by atoms with Crippen LogP contribution in [0.4, 0.5) is 0 Å². The van der Waals surface area contributed by atoms with Crippen molar-refractivity contribution in [3.63, 3.8) is 0 Å². The van der Waals surface area contributed by atoms with Crippen molar-refractivity contribution in [1.29, 1.82) is 5.26 Å². The minimum absolute atomic E-state index is 0.144. The summed E-state index contributed by atoms with van der Waals surface area (Å²) in [5.41, 5.74) is 0. The van der Waals surface area contributed by atoms with Gasteiger partial charge in [0.1, 0.15) is 0 Å². The van der Waals surface area contributed by atoms with Crippen LogP contribution in [0.5, 0.6) is 0 Å². The van der Waals surface area contributed by atoms with Crippen molar-refractivity contribution in [2.75, 3.05) is 6.61 Å². The molecule has 1 unspecified atom stereocenters. The molecule has 0 spiro atoms. The summed E-state index contributed by atoms with van der Waals surface area (Å²) in [5, 5.41) is 16.8. The summed E-state index contributed by atoms with van der Waals surface area (Å²) in [6, 6.07) is 1.98. The van der Waals surface area contributed by atoms with Crippen molar-refractivity contribution in [3.05, 3.63) is 0 Å². The van der Waals surface area contributed by atoms with Crippen LogP contribution in [0.1, 0.15) is 6.92 Å². The molecule has 0 aliphatic heterocycles. The first-order valence-electron chi connectivity index (χ1n) is 2.50. The summed E-state index contributed by atoms with van der Waals surface area (Å²) in [4.78, 5) is -0.793. The summed E-state index contributed by atoms with van der Waals surface area (Å²) in [7, 11) is 0. The molecule has 0 saturated heterocycles. The molecule has 1 N–H and O–H groups in total. The molecule has 5 heteroatoms.